The Morgan fingerprint density at radius 3 is 2.32 bits per heavy atom. The molecule has 0 aromatic heterocycles. The summed E-state index contributed by atoms with van der Waals surface area (Å²) in [7, 11) is 0. The maximum atomic E-state index is 11.9. The van der Waals surface area contributed by atoms with E-state index in [1.807, 2.05) is 18.2 Å². The van der Waals surface area contributed by atoms with Gasteiger partial charge in [0, 0.05) is 19.1 Å². The summed E-state index contributed by atoms with van der Waals surface area (Å²) >= 11 is 0. The SMILES string of the molecule is CC(C)CNC(=O)CN(Cc1ccccc1)C(C)C. The Bertz CT molecular complexity index is 374. The molecule has 0 saturated heterocycles. The zero-order valence-electron chi connectivity index (χ0n) is 12.5. The van der Waals surface area contributed by atoms with Crippen LogP contribution in [0.15, 0.2) is 30.3 Å². The van der Waals surface area contributed by atoms with E-state index in [2.05, 4.69) is 50.0 Å². The lowest BCUT2D eigenvalue weighted by molar-refractivity contribution is -0.123. The summed E-state index contributed by atoms with van der Waals surface area (Å²) in [5.74, 6) is 0.601. The van der Waals surface area contributed by atoms with Crippen LogP contribution in [0, 0.1) is 5.92 Å². The maximum absolute atomic E-state index is 11.9. The highest BCUT2D eigenvalue weighted by Crippen LogP contribution is 2.07. The second-order valence-corrected chi connectivity index (χ2v) is 5.68. The molecule has 1 rings (SSSR count). The van der Waals surface area contributed by atoms with Crippen LogP contribution in [-0.4, -0.2) is 29.9 Å². The van der Waals surface area contributed by atoms with Crippen molar-refractivity contribution >= 4 is 5.91 Å². The molecule has 0 bridgehead atoms. The van der Waals surface area contributed by atoms with E-state index in [9.17, 15) is 4.79 Å². The van der Waals surface area contributed by atoms with Crippen LogP contribution in [0.5, 0.6) is 0 Å². The van der Waals surface area contributed by atoms with Crippen molar-refractivity contribution in [1.29, 1.82) is 0 Å². The van der Waals surface area contributed by atoms with Gasteiger partial charge in [-0.05, 0) is 25.3 Å². The van der Waals surface area contributed by atoms with Crippen molar-refractivity contribution in [3.63, 3.8) is 0 Å². The fraction of sp³-hybridized carbons (Fsp3) is 0.562. The van der Waals surface area contributed by atoms with Gasteiger partial charge < -0.3 is 5.32 Å². The van der Waals surface area contributed by atoms with Crippen molar-refractivity contribution in [1.82, 2.24) is 10.2 Å². The van der Waals surface area contributed by atoms with E-state index >= 15 is 0 Å². The van der Waals surface area contributed by atoms with Crippen LogP contribution in [0.3, 0.4) is 0 Å². The maximum Gasteiger partial charge on any atom is 0.234 e. The zero-order chi connectivity index (χ0) is 14.3. The number of carbonyl (C=O) groups is 1. The molecule has 1 amide bonds. The second kappa shape index (κ2) is 7.95. The van der Waals surface area contributed by atoms with Gasteiger partial charge >= 0.3 is 0 Å². The third kappa shape index (κ3) is 6.39. The summed E-state index contributed by atoms with van der Waals surface area (Å²) in [6.45, 7) is 10.5. The number of nitrogens with zero attached hydrogens (tertiary/aromatic N) is 1. The summed E-state index contributed by atoms with van der Waals surface area (Å²) < 4.78 is 0. The van der Waals surface area contributed by atoms with Gasteiger partial charge in [0.25, 0.3) is 0 Å². The predicted octanol–water partition coefficient (Wildman–Crippen LogP) is 2.67. The van der Waals surface area contributed by atoms with Crippen LogP contribution in [0.25, 0.3) is 0 Å². The first-order valence-corrected chi connectivity index (χ1v) is 7.03. The number of amides is 1. The van der Waals surface area contributed by atoms with E-state index in [0.717, 1.165) is 13.1 Å². The lowest BCUT2D eigenvalue weighted by atomic mass is 10.2. The van der Waals surface area contributed by atoms with Crippen LogP contribution >= 0.6 is 0 Å². The minimum Gasteiger partial charge on any atom is -0.355 e. The topological polar surface area (TPSA) is 32.3 Å². The minimum absolute atomic E-state index is 0.110. The van der Waals surface area contributed by atoms with Gasteiger partial charge in [0.15, 0.2) is 0 Å². The molecule has 1 aromatic rings. The Hall–Kier alpha value is -1.35. The standard InChI is InChI=1S/C16H26N2O/c1-13(2)10-17-16(19)12-18(14(3)4)11-15-8-6-5-7-9-15/h5-9,13-14H,10-12H2,1-4H3,(H,17,19). The van der Waals surface area contributed by atoms with Gasteiger partial charge in [-0.15, -0.1) is 0 Å². The first-order valence-electron chi connectivity index (χ1n) is 7.03. The van der Waals surface area contributed by atoms with Crippen LogP contribution in [0.2, 0.25) is 0 Å². The van der Waals surface area contributed by atoms with Gasteiger partial charge in [0.05, 0.1) is 6.54 Å². The average Bonchev–Trinajstić information content (AvgIpc) is 2.36. The molecule has 0 aliphatic rings. The molecule has 19 heavy (non-hydrogen) atoms. The lowest BCUT2D eigenvalue weighted by Crippen LogP contribution is -2.41. The molecule has 0 aliphatic heterocycles. The van der Waals surface area contributed by atoms with Crippen molar-refractivity contribution in [3.05, 3.63) is 35.9 Å². The predicted molar refractivity (Wildman–Crippen MR) is 79.8 cm³/mol. The van der Waals surface area contributed by atoms with Gasteiger partial charge in [-0.3, -0.25) is 9.69 Å². The van der Waals surface area contributed by atoms with Crippen LogP contribution in [0.1, 0.15) is 33.3 Å². The van der Waals surface area contributed by atoms with E-state index in [1.54, 1.807) is 0 Å². The molecule has 0 atom stereocenters. The fourth-order valence-corrected chi connectivity index (χ4v) is 1.80. The molecule has 3 heteroatoms. The van der Waals surface area contributed by atoms with Crippen molar-refractivity contribution in [2.75, 3.05) is 13.1 Å². The molecule has 0 spiro atoms. The Kier molecular flexibility index (Phi) is 6.57. The molecule has 1 aromatic carbocycles. The zero-order valence-corrected chi connectivity index (χ0v) is 12.5. The molecular weight excluding hydrogens is 236 g/mol. The molecule has 1 N–H and O–H groups in total. The highest BCUT2D eigenvalue weighted by Gasteiger charge is 2.14. The van der Waals surface area contributed by atoms with Gasteiger partial charge in [0.2, 0.25) is 5.91 Å². The van der Waals surface area contributed by atoms with Gasteiger partial charge in [0.1, 0.15) is 0 Å². The van der Waals surface area contributed by atoms with E-state index in [1.165, 1.54) is 5.56 Å². The number of rotatable bonds is 7. The largest absolute Gasteiger partial charge is 0.355 e. The van der Waals surface area contributed by atoms with E-state index < -0.39 is 0 Å². The molecule has 0 saturated carbocycles. The molecular formula is C16H26N2O. The van der Waals surface area contributed by atoms with E-state index in [0.29, 0.717) is 18.5 Å². The molecule has 0 heterocycles. The number of benzene rings is 1. The minimum atomic E-state index is 0.110. The lowest BCUT2D eigenvalue weighted by Gasteiger charge is -2.26. The Morgan fingerprint density at radius 2 is 1.79 bits per heavy atom. The van der Waals surface area contributed by atoms with E-state index in [4.69, 9.17) is 0 Å². The smallest absolute Gasteiger partial charge is 0.234 e. The van der Waals surface area contributed by atoms with E-state index in [-0.39, 0.29) is 5.91 Å². The van der Waals surface area contributed by atoms with Gasteiger partial charge in [-0.1, -0.05) is 44.2 Å². The Labute approximate surface area is 117 Å². The fourth-order valence-electron chi connectivity index (χ4n) is 1.80. The van der Waals surface area contributed by atoms with Crippen molar-refractivity contribution in [2.45, 2.75) is 40.3 Å². The average molecular weight is 262 g/mol. The second-order valence-electron chi connectivity index (χ2n) is 5.68. The normalized spacial score (nSPS) is 11.3. The van der Waals surface area contributed by atoms with Crippen molar-refractivity contribution < 1.29 is 4.79 Å². The monoisotopic (exact) mass is 262 g/mol. The van der Waals surface area contributed by atoms with Gasteiger partial charge in [-0.25, -0.2) is 0 Å². The highest BCUT2D eigenvalue weighted by atomic mass is 16.2. The number of carbonyl (C=O) groups excluding carboxylic acids is 1. The quantitative estimate of drug-likeness (QED) is 0.819. The Balaban J connectivity index is 2.51. The molecule has 3 nitrogen and oxygen atoms in total. The summed E-state index contributed by atoms with van der Waals surface area (Å²) in [6.07, 6.45) is 0. The third-order valence-corrected chi connectivity index (χ3v) is 3.01. The molecule has 0 radical (unpaired) electrons. The summed E-state index contributed by atoms with van der Waals surface area (Å²) in [6, 6.07) is 10.6. The number of hydrogen-bond acceptors (Lipinski definition) is 2. The van der Waals surface area contributed by atoms with Crippen LogP contribution in [-0.2, 0) is 11.3 Å². The third-order valence-electron chi connectivity index (χ3n) is 3.01. The first kappa shape index (κ1) is 15.7. The molecule has 0 unspecified atom stereocenters. The number of hydrogen-bond donors (Lipinski definition) is 1. The van der Waals surface area contributed by atoms with Crippen molar-refractivity contribution in [2.24, 2.45) is 5.92 Å². The summed E-state index contributed by atoms with van der Waals surface area (Å²) in [5, 5.41) is 2.97. The summed E-state index contributed by atoms with van der Waals surface area (Å²) in [4.78, 5) is 14.1. The summed E-state index contributed by atoms with van der Waals surface area (Å²) in [5.41, 5.74) is 1.24. The van der Waals surface area contributed by atoms with Crippen LogP contribution in [0.4, 0.5) is 0 Å². The molecule has 0 aliphatic carbocycles. The molecule has 106 valence electrons. The Morgan fingerprint density at radius 1 is 1.16 bits per heavy atom. The number of nitrogens with one attached hydrogen (secondary N) is 1. The highest BCUT2D eigenvalue weighted by molar-refractivity contribution is 5.78. The van der Waals surface area contributed by atoms with Crippen LogP contribution < -0.4 is 5.32 Å². The molecule has 0 fully saturated rings. The van der Waals surface area contributed by atoms with Crippen molar-refractivity contribution in [3.8, 4) is 0 Å². The van der Waals surface area contributed by atoms with Gasteiger partial charge in [-0.2, -0.15) is 0 Å². The first-order chi connectivity index (χ1) is 8.99.